The summed E-state index contributed by atoms with van der Waals surface area (Å²) in [5.41, 5.74) is 1.76. The van der Waals surface area contributed by atoms with Crippen molar-refractivity contribution in [1.29, 1.82) is 0 Å². The Labute approximate surface area is 96.7 Å². The van der Waals surface area contributed by atoms with E-state index in [9.17, 15) is 4.39 Å². The standard InChI is InChI=1S/C13H20FNO/c1-10(2)15(6-7-16)9-12-4-5-13(14)11(3)8-12/h4-5,8,10,16H,6-7,9H2,1-3H3. The van der Waals surface area contributed by atoms with Crippen LogP contribution in [0.5, 0.6) is 0 Å². The maximum Gasteiger partial charge on any atom is 0.126 e. The van der Waals surface area contributed by atoms with E-state index in [-0.39, 0.29) is 12.4 Å². The Morgan fingerprint density at radius 2 is 2.06 bits per heavy atom. The van der Waals surface area contributed by atoms with Crippen molar-refractivity contribution in [2.45, 2.75) is 33.4 Å². The lowest BCUT2D eigenvalue weighted by molar-refractivity contribution is 0.159. The third kappa shape index (κ3) is 3.58. The van der Waals surface area contributed by atoms with Gasteiger partial charge in [0.2, 0.25) is 0 Å². The summed E-state index contributed by atoms with van der Waals surface area (Å²) >= 11 is 0. The average Bonchev–Trinajstić information content (AvgIpc) is 2.22. The second-order valence-corrected chi connectivity index (χ2v) is 4.37. The summed E-state index contributed by atoms with van der Waals surface area (Å²) in [6.45, 7) is 7.49. The maximum atomic E-state index is 13.1. The van der Waals surface area contributed by atoms with Gasteiger partial charge in [-0.05, 0) is 38.0 Å². The summed E-state index contributed by atoms with van der Waals surface area (Å²) in [7, 11) is 0. The lowest BCUT2D eigenvalue weighted by Gasteiger charge is -2.25. The Kier molecular flexibility index (Phi) is 4.90. The lowest BCUT2D eigenvalue weighted by atomic mass is 10.1. The molecule has 0 aliphatic rings. The zero-order valence-electron chi connectivity index (χ0n) is 10.2. The molecule has 0 amide bonds. The highest BCUT2D eigenvalue weighted by Gasteiger charge is 2.09. The molecule has 1 rings (SSSR count). The first-order valence-electron chi connectivity index (χ1n) is 5.64. The van der Waals surface area contributed by atoms with Gasteiger partial charge in [-0.25, -0.2) is 4.39 Å². The minimum atomic E-state index is -0.165. The zero-order valence-corrected chi connectivity index (χ0v) is 10.2. The molecule has 0 aliphatic carbocycles. The molecule has 90 valence electrons. The number of aryl methyl sites for hydroxylation is 1. The van der Waals surface area contributed by atoms with E-state index in [0.29, 0.717) is 18.2 Å². The molecular weight excluding hydrogens is 205 g/mol. The molecule has 0 aromatic heterocycles. The molecule has 0 bridgehead atoms. The van der Waals surface area contributed by atoms with Crippen molar-refractivity contribution < 1.29 is 9.50 Å². The van der Waals surface area contributed by atoms with Crippen LogP contribution in [-0.2, 0) is 6.54 Å². The van der Waals surface area contributed by atoms with Gasteiger partial charge in [-0.15, -0.1) is 0 Å². The van der Waals surface area contributed by atoms with Gasteiger partial charge in [0.05, 0.1) is 6.61 Å². The van der Waals surface area contributed by atoms with E-state index in [1.807, 2.05) is 6.07 Å². The number of aliphatic hydroxyl groups is 1. The van der Waals surface area contributed by atoms with E-state index in [1.54, 1.807) is 13.0 Å². The first-order chi connectivity index (χ1) is 7.54. The van der Waals surface area contributed by atoms with Gasteiger partial charge >= 0.3 is 0 Å². The molecule has 16 heavy (non-hydrogen) atoms. The van der Waals surface area contributed by atoms with Gasteiger partial charge in [0.15, 0.2) is 0 Å². The number of halogens is 1. The highest BCUT2D eigenvalue weighted by molar-refractivity contribution is 5.23. The fourth-order valence-corrected chi connectivity index (χ4v) is 1.69. The van der Waals surface area contributed by atoms with Crippen LogP contribution in [0.4, 0.5) is 4.39 Å². The highest BCUT2D eigenvalue weighted by atomic mass is 19.1. The Bertz CT molecular complexity index is 339. The monoisotopic (exact) mass is 225 g/mol. The molecule has 0 aliphatic heterocycles. The van der Waals surface area contributed by atoms with Gasteiger partial charge in [0.1, 0.15) is 5.82 Å². The van der Waals surface area contributed by atoms with Crippen LogP contribution < -0.4 is 0 Å². The van der Waals surface area contributed by atoms with Crippen LogP contribution >= 0.6 is 0 Å². The molecule has 2 nitrogen and oxygen atoms in total. The Morgan fingerprint density at radius 1 is 1.38 bits per heavy atom. The fourth-order valence-electron chi connectivity index (χ4n) is 1.69. The summed E-state index contributed by atoms with van der Waals surface area (Å²) in [4.78, 5) is 2.16. The molecule has 1 N–H and O–H groups in total. The molecular formula is C13H20FNO. The first-order valence-corrected chi connectivity index (χ1v) is 5.64. The number of rotatable bonds is 5. The third-order valence-corrected chi connectivity index (χ3v) is 2.73. The smallest absolute Gasteiger partial charge is 0.126 e. The van der Waals surface area contributed by atoms with Crippen LogP contribution in [-0.4, -0.2) is 29.2 Å². The second kappa shape index (κ2) is 5.97. The van der Waals surface area contributed by atoms with Crippen LogP contribution in [0.3, 0.4) is 0 Å². The molecule has 0 radical (unpaired) electrons. The topological polar surface area (TPSA) is 23.5 Å². The minimum absolute atomic E-state index is 0.151. The summed E-state index contributed by atoms with van der Waals surface area (Å²) < 4.78 is 13.1. The largest absolute Gasteiger partial charge is 0.395 e. The SMILES string of the molecule is Cc1cc(CN(CCO)C(C)C)ccc1F. The Balaban J connectivity index is 2.73. The van der Waals surface area contributed by atoms with E-state index in [0.717, 1.165) is 12.1 Å². The van der Waals surface area contributed by atoms with Crippen LogP contribution in [0.1, 0.15) is 25.0 Å². The first kappa shape index (κ1) is 13.1. The zero-order chi connectivity index (χ0) is 12.1. The predicted octanol–water partition coefficient (Wildman–Crippen LogP) is 2.34. The van der Waals surface area contributed by atoms with Gasteiger partial charge in [-0.1, -0.05) is 12.1 Å². The van der Waals surface area contributed by atoms with Crippen molar-refractivity contribution in [2.24, 2.45) is 0 Å². The summed E-state index contributed by atoms with van der Waals surface area (Å²) in [5.74, 6) is -0.165. The van der Waals surface area contributed by atoms with Gasteiger partial charge < -0.3 is 5.11 Å². The van der Waals surface area contributed by atoms with Gasteiger partial charge in [-0.3, -0.25) is 4.90 Å². The third-order valence-electron chi connectivity index (χ3n) is 2.73. The normalized spacial score (nSPS) is 11.4. The van der Waals surface area contributed by atoms with Crippen LogP contribution in [0.15, 0.2) is 18.2 Å². The molecule has 1 aromatic rings. The van der Waals surface area contributed by atoms with Crippen LogP contribution in [0, 0.1) is 12.7 Å². The van der Waals surface area contributed by atoms with E-state index in [2.05, 4.69) is 18.7 Å². The van der Waals surface area contributed by atoms with Gasteiger partial charge in [-0.2, -0.15) is 0 Å². The van der Waals surface area contributed by atoms with Crippen molar-refractivity contribution in [1.82, 2.24) is 4.90 Å². The number of hydrogen-bond donors (Lipinski definition) is 1. The molecule has 1 aromatic carbocycles. The number of benzene rings is 1. The number of nitrogens with zero attached hydrogens (tertiary/aromatic N) is 1. The van der Waals surface area contributed by atoms with Gasteiger partial charge in [0, 0.05) is 19.1 Å². The summed E-state index contributed by atoms with van der Waals surface area (Å²) in [6.07, 6.45) is 0. The van der Waals surface area contributed by atoms with E-state index >= 15 is 0 Å². The maximum absolute atomic E-state index is 13.1. The van der Waals surface area contributed by atoms with Crippen molar-refractivity contribution in [3.63, 3.8) is 0 Å². The van der Waals surface area contributed by atoms with Crippen molar-refractivity contribution in [2.75, 3.05) is 13.2 Å². The molecule has 0 spiro atoms. The summed E-state index contributed by atoms with van der Waals surface area (Å²) in [5, 5.41) is 8.96. The van der Waals surface area contributed by atoms with Crippen molar-refractivity contribution in [3.05, 3.63) is 35.1 Å². The molecule has 0 heterocycles. The van der Waals surface area contributed by atoms with E-state index in [1.165, 1.54) is 6.07 Å². The Hall–Kier alpha value is -0.930. The van der Waals surface area contributed by atoms with E-state index < -0.39 is 0 Å². The van der Waals surface area contributed by atoms with Crippen LogP contribution in [0.2, 0.25) is 0 Å². The predicted molar refractivity (Wildman–Crippen MR) is 63.8 cm³/mol. The quantitative estimate of drug-likeness (QED) is 0.831. The molecule has 0 unspecified atom stereocenters. The molecule has 0 atom stereocenters. The van der Waals surface area contributed by atoms with Crippen molar-refractivity contribution >= 4 is 0 Å². The Morgan fingerprint density at radius 3 is 2.56 bits per heavy atom. The summed E-state index contributed by atoms with van der Waals surface area (Å²) in [6, 6.07) is 5.54. The average molecular weight is 225 g/mol. The molecule has 0 saturated heterocycles. The molecule has 0 saturated carbocycles. The highest BCUT2D eigenvalue weighted by Crippen LogP contribution is 2.12. The molecule has 3 heteroatoms. The van der Waals surface area contributed by atoms with Crippen LogP contribution in [0.25, 0.3) is 0 Å². The van der Waals surface area contributed by atoms with Crippen molar-refractivity contribution in [3.8, 4) is 0 Å². The number of hydrogen-bond acceptors (Lipinski definition) is 2. The minimum Gasteiger partial charge on any atom is -0.395 e. The second-order valence-electron chi connectivity index (χ2n) is 4.37. The molecule has 0 fully saturated rings. The fraction of sp³-hybridized carbons (Fsp3) is 0.538. The lowest BCUT2D eigenvalue weighted by Crippen LogP contribution is -2.32. The van der Waals surface area contributed by atoms with E-state index in [4.69, 9.17) is 5.11 Å². The van der Waals surface area contributed by atoms with Gasteiger partial charge in [0.25, 0.3) is 0 Å². The number of aliphatic hydroxyl groups excluding tert-OH is 1.